The van der Waals surface area contributed by atoms with Crippen molar-refractivity contribution >= 4 is 21.9 Å². The molecule has 0 aliphatic carbocycles. The van der Waals surface area contributed by atoms with E-state index in [2.05, 4.69) is 15.9 Å². The first-order valence-electron chi connectivity index (χ1n) is 4.23. The molecule has 0 saturated carbocycles. The Balaban J connectivity index is 3.19. The molecule has 5 heteroatoms. The number of carboxylic acids is 1. The number of aliphatic carboxylic acids is 1. The van der Waals surface area contributed by atoms with Crippen LogP contribution in [0.3, 0.4) is 0 Å². The molecular weight excluding hydrogens is 267 g/mol. The molecule has 0 fully saturated rings. The molecule has 1 atom stereocenters. The molecule has 0 aliphatic heterocycles. The van der Waals surface area contributed by atoms with Gasteiger partial charge in [0.25, 0.3) is 0 Å². The second-order valence-electron chi connectivity index (χ2n) is 3.08. The minimum absolute atomic E-state index is 0.0799. The Morgan fingerprint density at radius 2 is 2.20 bits per heavy atom. The number of hydrogen-bond donors (Lipinski definition) is 1. The summed E-state index contributed by atoms with van der Waals surface area (Å²) < 4.78 is 18.6. The number of benzene rings is 1. The van der Waals surface area contributed by atoms with E-state index in [1.165, 1.54) is 20.1 Å². The number of carboxylic acid groups (broad SMARTS) is 1. The van der Waals surface area contributed by atoms with Crippen molar-refractivity contribution in [3.05, 3.63) is 28.0 Å². The Morgan fingerprint density at radius 3 is 2.60 bits per heavy atom. The number of methoxy groups -OCH3 is 1. The SMILES string of the molecule is COc1c(F)cc(C(C)C(=O)O)cc1Br. The molecular formula is C10H10BrFO3. The topological polar surface area (TPSA) is 46.5 Å². The number of ether oxygens (including phenoxy) is 1. The fourth-order valence-corrected chi connectivity index (χ4v) is 1.78. The van der Waals surface area contributed by atoms with E-state index in [4.69, 9.17) is 9.84 Å². The van der Waals surface area contributed by atoms with Crippen LogP contribution in [-0.2, 0) is 4.79 Å². The van der Waals surface area contributed by atoms with Gasteiger partial charge in [0.15, 0.2) is 11.6 Å². The van der Waals surface area contributed by atoms with E-state index in [-0.39, 0.29) is 5.75 Å². The Kier molecular flexibility index (Phi) is 3.68. The maximum Gasteiger partial charge on any atom is 0.310 e. The van der Waals surface area contributed by atoms with Crippen LogP contribution < -0.4 is 4.74 Å². The second-order valence-corrected chi connectivity index (χ2v) is 3.93. The Morgan fingerprint density at radius 1 is 1.60 bits per heavy atom. The zero-order chi connectivity index (χ0) is 11.6. The highest BCUT2D eigenvalue weighted by atomic mass is 79.9. The summed E-state index contributed by atoms with van der Waals surface area (Å²) in [6, 6.07) is 2.71. The summed E-state index contributed by atoms with van der Waals surface area (Å²) >= 11 is 3.12. The number of carbonyl (C=O) groups is 1. The zero-order valence-electron chi connectivity index (χ0n) is 8.25. The van der Waals surface area contributed by atoms with Gasteiger partial charge < -0.3 is 9.84 Å². The van der Waals surface area contributed by atoms with Gasteiger partial charge in [-0.25, -0.2) is 4.39 Å². The number of hydrogen-bond acceptors (Lipinski definition) is 2. The minimum Gasteiger partial charge on any atom is -0.492 e. The molecule has 0 amide bonds. The van der Waals surface area contributed by atoms with Crippen LogP contribution in [0.1, 0.15) is 18.4 Å². The van der Waals surface area contributed by atoms with Crippen molar-refractivity contribution in [1.82, 2.24) is 0 Å². The van der Waals surface area contributed by atoms with Gasteiger partial charge >= 0.3 is 5.97 Å². The molecule has 1 unspecified atom stereocenters. The van der Waals surface area contributed by atoms with Crippen LogP contribution in [0.4, 0.5) is 4.39 Å². The van der Waals surface area contributed by atoms with Crippen molar-refractivity contribution in [3.8, 4) is 5.75 Å². The molecule has 0 bridgehead atoms. The summed E-state index contributed by atoms with van der Waals surface area (Å²) in [5, 5.41) is 8.77. The molecule has 0 heterocycles. The van der Waals surface area contributed by atoms with Crippen molar-refractivity contribution in [2.75, 3.05) is 7.11 Å². The predicted octanol–water partition coefficient (Wildman–Crippen LogP) is 2.78. The van der Waals surface area contributed by atoms with E-state index < -0.39 is 17.7 Å². The van der Waals surface area contributed by atoms with Crippen LogP contribution in [0.15, 0.2) is 16.6 Å². The molecule has 0 radical (unpaired) electrons. The lowest BCUT2D eigenvalue weighted by Crippen LogP contribution is -2.08. The van der Waals surface area contributed by atoms with E-state index in [0.29, 0.717) is 10.0 Å². The summed E-state index contributed by atoms with van der Waals surface area (Å²) in [6.45, 7) is 1.50. The molecule has 0 aliphatic rings. The van der Waals surface area contributed by atoms with Gasteiger partial charge in [0.2, 0.25) is 0 Å². The Bertz CT molecular complexity index is 369. The van der Waals surface area contributed by atoms with Gasteiger partial charge in [0.05, 0.1) is 17.5 Å². The molecule has 82 valence electrons. The first-order valence-corrected chi connectivity index (χ1v) is 5.02. The van der Waals surface area contributed by atoms with Gasteiger partial charge in [-0.15, -0.1) is 0 Å². The fourth-order valence-electron chi connectivity index (χ4n) is 1.17. The summed E-state index contributed by atoms with van der Waals surface area (Å²) in [5.41, 5.74) is 0.396. The first-order chi connectivity index (χ1) is 6.97. The highest BCUT2D eigenvalue weighted by Crippen LogP contribution is 2.31. The zero-order valence-corrected chi connectivity index (χ0v) is 9.84. The lowest BCUT2D eigenvalue weighted by Gasteiger charge is -2.10. The normalized spacial score (nSPS) is 12.3. The van der Waals surface area contributed by atoms with Crippen molar-refractivity contribution in [3.63, 3.8) is 0 Å². The number of halogens is 2. The quantitative estimate of drug-likeness (QED) is 0.924. The van der Waals surface area contributed by atoms with E-state index in [0.717, 1.165) is 0 Å². The van der Waals surface area contributed by atoms with Crippen molar-refractivity contribution in [2.45, 2.75) is 12.8 Å². The molecule has 1 N–H and O–H groups in total. The maximum absolute atomic E-state index is 13.4. The molecule has 0 saturated heterocycles. The van der Waals surface area contributed by atoms with Gasteiger partial charge in [-0.05, 0) is 40.5 Å². The maximum atomic E-state index is 13.4. The molecule has 15 heavy (non-hydrogen) atoms. The molecule has 0 spiro atoms. The van der Waals surface area contributed by atoms with Gasteiger partial charge in [-0.3, -0.25) is 4.79 Å². The van der Waals surface area contributed by atoms with Crippen molar-refractivity contribution in [1.29, 1.82) is 0 Å². The summed E-state index contributed by atoms with van der Waals surface area (Å²) in [4.78, 5) is 10.7. The third-order valence-corrected chi connectivity index (χ3v) is 2.68. The molecule has 3 nitrogen and oxygen atoms in total. The van der Waals surface area contributed by atoms with Crippen LogP contribution in [0.25, 0.3) is 0 Å². The summed E-state index contributed by atoms with van der Waals surface area (Å²) in [7, 11) is 1.35. The number of rotatable bonds is 3. The second kappa shape index (κ2) is 4.61. The lowest BCUT2D eigenvalue weighted by atomic mass is 10.0. The molecule has 0 aromatic heterocycles. The van der Waals surface area contributed by atoms with E-state index in [9.17, 15) is 9.18 Å². The monoisotopic (exact) mass is 276 g/mol. The summed E-state index contributed by atoms with van der Waals surface area (Å²) in [6.07, 6.45) is 0. The van der Waals surface area contributed by atoms with Gasteiger partial charge in [-0.1, -0.05) is 0 Å². The summed E-state index contributed by atoms with van der Waals surface area (Å²) in [5.74, 6) is -2.24. The van der Waals surface area contributed by atoms with Crippen LogP contribution in [0.5, 0.6) is 5.75 Å². The van der Waals surface area contributed by atoms with Crippen LogP contribution in [0.2, 0.25) is 0 Å². The highest BCUT2D eigenvalue weighted by Gasteiger charge is 2.18. The van der Waals surface area contributed by atoms with E-state index in [1.54, 1.807) is 6.07 Å². The van der Waals surface area contributed by atoms with Crippen LogP contribution >= 0.6 is 15.9 Å². The first kappa shape index (κ1) is 12.0. The van der Waals surface area contributed by atoms with Crippen molar-refractivity contribution < 1.29 is 19.0 Å². The van der Waals surface area contributed by atoms with E-state index >= 15 is 0 Å². The third kappa shape index (κ3) is 2.47. The van der Waals surface area contributed by atoms with Gasteiger partial charge in [0, 0.05) is 0 Å². The predicted molar refractivity (Wildman–Crippen MR) is 56.7 cm³/mol. The molecule has 1 aromatic carbocycles. The Hall–Kier alpha value is -1.10. The lowest BCUT2D eigenvalue weighted by molar-refractivity contribution is -0.138. The molecule has 1 rings (SSSR count). The fraction of sp³-hybridized carbons (Fsp3) is 0.300. The highest BCUT2D eigenvalue weighted by molar-refractivity contribution is 9.10. The van der Waals surface area contributed by atoms with Gasteiger partial charge in [0.1, 0.15) is 0 Å². The largest absolute Gasteiger partial charge is 0.492 e. The van der Waals surface area contributed by atoms with Gasteiger partial charge in [-0.2, -0.15) is 0 Å². The van der Waals surface area contributed by atoms with Crippen LogP contribution in [-0.4, -0.2) is 18.2 Å². The molecule has 1 aromatic rings. The average molecular weight is 277 g/mol. The minimum atomic E-state index is -0.994. The average Bonchev–Trinajstić information content (AvgIpc) is 2.15. The van der Waals surface area contributed by atoms with E-state index in [1.807, 2.05) is 0 Å². The third-order valence-electron chi connectivity index (χ3n) is 2.10. The Labute approximate surface area is 95.0 Å². The van der Waals surface area contributed by atoms with Crippen LogP contribution in [0, 0.1) is 5.82 Å². The standard InChI is InChI=1S/C10H10BrFO3/c1-5(10(13)14)6-3-7(11)9(15-2)8(12)4-6/h3-5H,1-2H3,(H,13,14). The smallest absolute Gasteiger partial charge is 0.310 e. The van der Waals surface area contributed by atoms with Crippen molar-refractivity contribution in [2.24, 2.45) is 0 Å².